The van der Waals surface area contributed by atoms with Crippen molar-refractivity contribution < 1.29 is 4.98 Å². The molecule has 2 aliphatic rings. The van der Waals surface area contributed by atoms with Crippen molar-refractivity contribution in [2.75, 3.05) is 18.0 Å². The summed E-state index contributed by atoms with van der Waals surface area (Å²) >= 11 is 0. The summed E-state index contributed by atoms with van der Waals surface area (Å²) in [5.74, 6) is 1.59. The van der Waals surface area contributed by atoms with E-state index in [2.05, 4.69) is 29.8 Å². The third-order valence-electron chi connectivity index (χ3n) is 4.70. The van der Waals surface area contributed by atoms with Crippen LogP contribution < -0.4 is 9.88 Å². The summed E-state index contributed by atoms with van der Waals surface area (Å²) in [6.07, 6.45) is 7.18. The molecule has 1 fully saturated rings. The van der Waals surface area contributed by atoms with Crippen molar-refractivity contribution in [1.29, 1.82) is 5.26 Å². The Labute approximate surface area is 121 Å². The number of rotatable bonds is 2. The summed E-state index contributed by atoms with van der Waals surface area (Å²) in [5.41, 5.74) is 5.06. The first-order valence-corrected chi connectivity index (χ1v) is 7.98. The summed E-state index contributed by atoms with van der Waals surface area (Å²) in [6, 6.07) is 2.49. The Morgan fingerprint density at radius 1 is 1.05 bits per heavy atom. The lowest BCUT2D eigenvalue weighted by Crippen LogP contribution is -2.32. The zero-order valence-corrected chi connectivity index (χ0v) is 12.6. The highest BCUT2D eigenvalue weighted by Crippen LogP contribution is 2.33. The lowest BCUT2D eigenvalue weighted by Gasteiger charge is -2.23. The van der Waals surface area contributed by atoms with Gasteiger partial charge in [0.2, 0.25) is 0 Å². The lowest BCUT2D eigenvalue weighted by atomic mass is 9.85. The van der Waals surface area contributed by atoms with Crippen molar-refractivity contribution >= 4 is 5.82 Å². The topological polar surface area (TPSA) is 41.2 Å². The maximum atomic E-state index is 9.67. The van der Waals surface area contributed by atoms with Crippen molar-refractivity contribution in [3.05, 3.63) is 22.4 Å². The van der Waals surface area contributed by atoms with Gasteiger partial charge in [-0.1, -0.05) is 13.8 Å². The molecule has 1 saturated heterocycles. The fourth-order valence-corrected chi connectivity index (χ4v) is 3.68. The largest absolute Gasteiger partial charge is 0.293 e. The van der Waals surface area contributed by atoms with Gasteiger partial charge in [-0.2, -0.15) is 5.26 Å². The van der Waals surface area contributed by atoms with Gasteiger partial charge in [0.05, 0.1) is 13.1 Å². The predicted molar refractivity (Wildman–Crippen MR) is 79.9 cm³/mol. The van der Waals surface area contributed by atoms with Crippen molar-refractivity contribution in [2.24, 2.45) is 0 Å². The monoisotopic (exact) mass is 270 g/mol. The SMILES string of the molecule is CC(C)c1[nH+]c(N2CCCC2)c(C#N)c2c1CCCC2. The normalized spacial score (nSPS) is 18.2. The summed E-state index contributed by atoms with van der Waals surface area (Å²) in [4.78, 5) is 6.01. The molecule has 1 aliphatic carbocycles. The number of nitrogens with zero attached hydrogens (tertiary/aromatic N) is 2. The Hall–Kier alpha value is -1.56. The van der Waals surface area contributed by atoms with Crippen LogP contribution in [-0.4, -0.2) is 13.1 Å². The smallest absolute Gasteiger partial charge is 0.261 e. The summed E-state index contributed by atoms with van der Waals surface area (Å²) < 4.78 is 0. The minimum atomic E-state index is 0.496. The van der Waals surface area contributed by atoms with E-state index in [0.29, 0.717) is 5.92 Å². The summed E-state index contributed by atoms with van der Waals surface area (Å²) in [5, 5.41) is 9.67. The highest BCUT2D eigenvalue weighted by molar-refractivity contribution is 5.58. The van der Waals surface area contributed by atoms with Gasteiger partial charge in [0.25, 0.3) is 5.82 Å². The van der Waals surface area contributed by atoms with Crippen molar-refractivity contribution in [1.82, 2.24) is 0 Å². The molecule has 3 rings (SSSR count). The third kappa shape index (κ3) is 2.18. The molecule has 0 spiro atoms. The molecule has 1 N–H and O–H groups in total. The number of nitriles is 1. The predicted octanol–water partition coefficient (Wildman–Crippen LogP) is 2.97. The van der Waals surface area contributed by atoms with E-state index in [1.54, 1.807) is 0 Å². The molecule has 0 bridgehead atoms. The van der Waals surface area contributed by atoms with Gasteiger partial charge in [-0.15, -0.1) is 0 Å². The van der Waals surface area contributed by atoms with Crippen LogP contribution in [0.2, 0.25) is 0 Å². The Morgan fingerprint density at radius 3 is 2.30 bits per heavy atom. The van der Waals surface area contributed by atoms with E-state index in [-0.39, 0.29) is 0 Å². The van der Waals surface area contributed by atoms with Gasteiger partial charge in [0.15, 0.2) is 0 Å². The molecule has 0 unspecified atom stereocenters. The first kappa shape index (κ1) is 13.4. The fourth-order valence-electron chi connectivity index (χ4n) is 3.68. The highest BCUT2D eigenvalue weighted by atomic mass is 15.2. The number of hydrogen-bond donors (Lipinski definition) is 0. The van der Waals surface area contributed by atoms with Crippen LogP contribution in [-0.2, 0) is 12.8 Å². The second kappa shape index (κ2) is 5.44. The Bertz CT molecular complexity index is 548. The highest BCUT2D eigenvalue weighted by Gasteiger charge is 2.31. The van der Waals surface area contributed by atoms with Crippen LogP contribution >= 0.6 is 0 Å². The summed E-state index contributed by atoms with van der Waals surface area (Å²) in [7, 11) is 0. The molecule has 20 heavy (non-hydrogen) atoms. The minimum Gasteiger partial charge on any atom is -0.261 e. The van der Waals surface area contributed by atoms with Crippen LogP contribution in [0.15, 0.2) is 0 Å². The zero-order chi connectivity index (χ0) is 14.1. The standard InChI is InChI=1S/C17H23N3/c1-12(2)16-14-8-4-3-7-13(14)15(11-18)17(19-16)20-9-5-6-10-20/h12H,3-10H2,1-2H3/p+1. The van der Waals surface area contributed by atoms with E-state index in [1.165, 1.54) is 42.5 Å². The zero-order valence-electron chi connectivity index (χ0n) is 12.6. The summed E-state index contributed by atoms with van der Waals surface area (Å²) in [6.45, 7) is 6.67. The second-order valence-electron chi connectivity index (χ2n) is 6.39. The molecule has 3 nitrogen and oxygen atoms in total. The molecule has 0 radical (unpaired) electrons. The molecular weight excluding hydrogens is 246 g/mol. The van der Waals surface area contributed by atoms with Crippen LogP contribution in [0.4, 0.5) is 5.82 Å². The van der Waals surface area contributed by atoms with Crippen LogP contribution in [0.25, 0.3) is 0 Å². The Kier molecular flexibility index (Phi) is 3.65. The van der Waals surface area contributed by atoms with Gasteiger partial charge in [0, 0.05) is 5.92 Å². The van der Waals surface area contributed by atoms with Crippen molar-refractivity contribution in [3.63, 3.8) is 0 Å². The number of hydrogen-bond acceptors (Lipinski definition) is 2. The second-order valence-corrected chi connectivity index (χ2v) is 6.39. The first-order chi connectivity index (χ1) is 9.72. The number of aromatic amines is 1. The Morgan fingerprint density at radius 2 is 1.70 bits per heavy atom. The number of anilines is 1. The minimum absolute atomic E-state index is 0.496. The van der Waals surface area contributed by atoms with E-state index in [4.69, 9.17) is 0 Å². The van der Waals surface area contributed by atoms with Gasteiger partial charge >= 0.3 is 0 Å². The Balaban J connectivity index is 2.18. The number of fused-ring (bicyclic) bond motifs is 1. The molecule has 1 aliphatic heterocycles. The van der Waals surface area contributed by atoms with E-state index in [9.17, 15) is 5.26 Å². The molecule has 1 aromatic heterocycles. The lowest BCUT2D eigenvalue weighted by molar-refractivity contribution is -0.379. The van der Waals surface area contributed by atoms with E-state index in [1.807, 2.05) is 0 Å². The molecule has 0 amide bonds. The third-order valence-corrected chi connectivity index (χ3v) is 4.70. The van der Waals surface area contributed by atoms with E-state index in [0.717, 1.165) is 37.3 Å². The molecule has 1 aromatic rings. The van der Waals surface area contributed by atoms with Crippen molar-refractivity contribution in [2.45, 2.75) is 58.3 Å². The first-order valence-electron chi connectivity index (χ1n) is 7.98. The fraction of sp³-hybridized carbons (Fsp3) is 0.647. The van der Waals surface area contributed by atoms with Gasteiger partial charge < -0.3 is 0 Å². The molecule has 2 heterocycles. The maximum absolute atomic E-state index is 9.67. The van der Waals surface area contributed by atoms with Crippen LogP contribution in [0, 0.1) is 11.3 Å². The van der Waals surface area contributed by atoms with Gasteiger partial charge in [0.1, 0.15) is 17.3 Å². The number of aromatic nitrogens is 1. The molecule has 0 aromatic carbocycles. The van der Waals surface area contributed by atoms with Crippen LogP contribution in [0.5, 0.6) is 0 Å². The molecule has 0 saturated carbocycles. The van der Waals surface area contributed by atoms with Crippen LogP contribution in [0.3, 0.4) is 0 Å². The number of H-pyrrole nitrogens is 1. The number of pyridine rings is 1. The van der Waals surface area contributed by atoms with Gasteiger partial charge in [-0.05, 0) is 49.7 Å². The molecular formula is C17H24N3+. The molecule has 3 heteroatoms. The van der Waals surface area contributed by atoms with Crippen molar-refractivity contribution in [3.8, 4) is 6.07 Å². The van der Waals surface area contributed by atoms with E-state index >= 15 is 0 Å². The van der Waals surface area contributed by atoms with Gasteiger partial charge in [-0.25, -0.2) is 4.98 Å². The quantitative estimate of drug-likeness (QED) is 0.829. The maximum Gasteiger partial charge on any atom is 0.293 e. The van der Waals surface area contributed by atoms with E-state index < -0.39 is 0 Å². The number of nitrogens with one attached hydrogen (secondary N) is 1. The molecule has 106 valence electrons. The average Bonchev–Trinajstić information content (AvgIpc) is 2.99. The molecule has 0 atom stereocenters. The van der Waals surface area contributed by atoms with Gasteiger partial charge in [-0.3, -0.25) is 4.90 Å². The van der Waals surface area contributed by atoms with Crippen LogP contribution in [0.1, 0.15) is 67.8 Å². The average molecular weight is 270 g/mol.